The van der Waals surface area contributed by atoms with Crippen LogP contribution in [0, 0.1) is 5.92 Å². The second-order valence-electron chi connectivity index (χ2n) is 13.0. The van der Waals surface area contributed by atoms with E-state index in [1.165, 1.54) is 0 Å². The van der Waals surface area contributed by atoms with Gasteiger partial charge in [-0.25, -0.2) is 0 Å². The Morgan fingerprint density at radius 3 is 2.73 bits per heavy atom. The van der Waals surface area contributed by atoms with E-state index in [-0.39, 0.29) is 25.0 Å². The van der Waals surface area contributed by atoms with Crippen LogP contribution in [0.5, 0.6) is 5.75 Å². The largest absolute Gasteiger partial charge is 0.497 e. The number of hydrogen-bond acceptors (Lipinski definition) is 7. The normalized spacial score (nSPS) is 25.0. The van der Waals surface area contributed by atoms with E-state index in [9.17, 15) is 14.7 Å². The summed E-state index contributed by atoms with van der Waals surface area (Å²) in [7, 11) is -1.75. The molecular weight excluding hydrogens is 593 g/mol. The number of carbonyl (C=O) groups is 2. The fourth-order valence-electron chi connectivity index (χ4n) is 7.60. The van der Waals surface area contributed by atoms with E-state index in [0.29, 0.717) is 49.4 Å². The average Bonchev–Trinajstić information content (AvgIpc) is 3.66. The molecule has 3 aliphatic rings. The highest BCUT2D eigenvalue weighted by Crippen LogP contribution is 2.60. The molecule has 10 nitrogen and oxygen atoms in total. The van der Waals surface area contributed by atoms with Crippen molar-refractivity contribution in [1.29, 1.82) is 0 Å². The zero-order valence-electron chi connectivity index (χ0n) is 26.4. The van der Waals surface area contributed by atoms with Crippen molar-refractivity contribution in [2.75, 3.05) is 30.1 Å². The topological polar surface area (TPSA) is 110 Å². The second-order valence-corrected chi connectivity index (χ2v) is 16.7. The molecule has 0 radical (unpaired) electrons. The molecule has 3 aromatic rings. The van der Waals surface area contributed by atoms with Crippen LogP contribution in [0.3, 0.4) is 0 Å². The number of methoxy groups -OCH3 is 1. The maximum atomic E-state index is 16.2. The summed E-state index contributed by atoms with van der Waals surface area (Å²) in [6.07, 6.45) is 4.54. The minimum atomic E-state index is -3.33. The number of halogens is 1. The molecule has 3 aliphatic heterocycles. The third-order valence-corrected chi connectivity index (χ3v) is 12.1. The van der Waals surface area contributed by atoms with Gasteiger partial charge < -0.3 is 28.5 Å². The first-order valence-electron chi connectivity index (χ1n) is 15.8. The summed E-state index contributed by atoms with van der Waals surface area (Å²) in [6.45, 7) is 6.72. The van der Waals surface area contributed by atoms with E-state index in [0.717, 1.165) is 29.8 Å². The highest BCUT2D eigenvalue weighted by atomic mass is 28.4. The fraction of sp³-hybridized carbons (Fsp3) is 0.515. The average molecular weight is 636 g/mol. The molecule has 2 fully saturated rings. The lowest BCUT2D eigenvalue weighted by Crippen LogP contribution is -2.45. The number of amides is 2. The third kappa shape index (κ3) is 5.68. The number of aliphatic hydroxyl groups excluding tert-OH is 1. The lowest BCUT2D eigenvalue weighted by atomic mass is 9.82. The van der Waals surface area contributed by atoms with Gasteiger partial charge in [-0.1, -0.05) is 24.3 Å². The molecule has 4 atom stereocenters. The van der Waals surface area contributed by atoms with Crippen molar-refractivity contribution in [3.05, 3.63) is 65.5 Å². The van der Waals surface area contributed by atoms with E-state index in [4.69, 9.17) is 9.47 Å². The van der Waals surface area contributed by atoms with Crippen molar-refractivity contribution in [2.45, 2.75) is 82.5 Å². The van der Waals surface area contributed by atoms with Gasteiger partial charge in [0.2, 0.25) is 14.3 Å². The molecule has 0 aliphatic carbocycles. The van der Waals surface area contributed by atoms with E-state index >= 15 is 4.11 Å². The third-order valence-electron chi connectivity index (χ3n) is 9.65. The van der Waals surface area contributed by atoms with Crippen molar-refractivity contribution in [3.8, 4) is 5.75 Å². The minimum Gasteiger partial charge on any atom is -0.497 e. The quantitative estimate of drug-likeness (QED) is 0.253. The molecule has 1 aromatic heterocycles. The van der Waals surface area contributed by atoms with E-state index in [1.807, 2.05) is 54.3 Å². The van der Waals surface area contributed by atoms with Gasteiger partial charge in [0.1, 0.15) is 5.75 Å². The molecule has 2 saturated heterocycles. The SMILES string of the molecule is COc1ccc2c(c1)[C@]1(O[C@@H](CCn3cc(CCO)nn3)[C@H]([Si](C)(C)F)[C@H]1C)C(=O)N2Cc1cccc(N2CCCCC2=O)c1. The number of rotatable bonds is 10. The number of hydrogen-bond donors (Lipinski definition) is 1. The molecule has 6 rings (SSSR count). The van der Waals surface area contributed by atoms with Gasteiger partial charge in [-0.15, -0.1) is 5.10 Å². The predicted molar refractivity (Wildman–Crippen MR) is 170 cm³/mol. The van der Waals surface area contributed by atoms with Crippen molar-refractivity contribution < 1.29 is 28.3 Å². The molecule has 1 spiro atoms. The number of aliphatic hydroxyl groups is 1. The highest BCUT2D eigenvalue weighted by molar-refractivity contribution is 6.72. The van der Waals surface area contributed by atoms with Crippen LogP contribution in [0.1, 0.15) is 49.4 Å². The Kier molecular flexibility index (Phi) is 8.57. The molecular formula is C33H42FN5O5Si. The van der Waals surface area contributed by atoms with Crippen molar-refractivity contribution in [1.82, 2.24) is 15.0 Å². The lowest BCUT2D eigenvalue weighted by Gasteiger charge is -2.31. The van der Waals surface area contributed by atoms with Crippen molar-refractivity contribution in [3.63, 3.8) is 0 Å². The number of carbonyl (C=O) groups excluding carboxylic acids is 2. The Morgan fingerprint density at radius 2 is 2.00 bits per heavy atom. The number of anilines is 2. The van der Waals surface area contributed by atoms with Gasteiger partial charge >= 0.3 is 0 Å². The van der Waals surface area contributed by atoms with Crippen molar-refractivity contribution in [2.24, 2.45) is 5.92 Å². The number of fused-ring (bicyclic) bond motifs is 2. The molecule has 45 heavy (non-hydrogen) atoms. The van der Waals surface area contributed by atoms with Gasteiger partial charge in [0.25, 0.3) is 5.91 Å². The van der Waals surface area contributed by atoms with Crippen LogP contribution < -0.4 is 14.5 Å². The number of ether oxygens (including phenoxy) is 2. The fourth-order valence-corrected chi connectivity index (χ4v) is 10.1. The zero-order chi connectivity index (χ0) is 31.9. The van der Waals surface area contributed by atoms with Crippen LogP contribution in [0.25, 0.3) is 0 Å². The Labute approximate surface area is 264 Å². The summed E-state index contributed by atoms with van der Waals surface area (Å²) in [5, 5.41) is 17.5. The molecule has 2 aromatic carbocycles. The van der Waals surface area contributed by atoms with Crippen LogP contribution in [-0.4, -0.2) is 66.7 Å². The molecule has 0 unspecified atom stereocenters. The summed E-state index contributed by atoms with van der Waals surface area (Å²) >= 11 is 0. The maximum Gasteiger partial charge on any atom is 0.264 e. The first-order chi connectivity index (χ1) is 21.6. The summed E-state index contributed by atoms with van der Waals surface area (Å²) < 4.78 is 30.4. The van der Waals surface area contributed by atoms with Gasteiger partial charge in [-0.3, -0.25) is 14.3 Å². The Morgan fingerprint density at radius 1 is 1.18 bits per heavy atom. The number of aryl methyl sites for hydroxylation is 1. The predicted octanol–water partition coefficient (Wildman–Crippen LogP) is 4.75. The van der Waals surface area contributed by atoms with Crippen LogP contribution in [-0.2, 0) is 39.4 Å². The van der Waals surface area contributed by atoms with Gasteiger partial charge in [0, 0.05) is 61.4 Å². The molecule has 12 heteroatoms. The highest BCUT2D eigenvalue weighted by Gasteiger charge is 2.66. The standard InChI is InChI=1S/C33H42FN5O5Si/c1-22-31(45(3,4)34)29(13-16-37-21-24(14-17-40)35-36-37)44-33(22)27-19-26(43-2)11-12-28(27)39(32(33)42)20-23-8-7-9-25(18-23)38-15-6-5-10-30(38)41/h7-9,11-12,18-19,21-22,29,31,40H,5-6,10,13-17,20H2,1-4H3/t22-,29+,31-,33+/m1/s1. The molecule has 2 amide bonds. The van der Waals surface area contributed by atoms with E-state index in [1.54, 1.807) is 36.0 Å². The Bertz CT molecular complexity index is 1580. The first-order valence-corrected chi connectivity index (χ1v) is 18.8. The monoisotopic (exact) mass is 635 g/mol. The van der Waals surface area contributed by atoms with Gasteiger partial charge in [-0.05, 0) is 68.3 Å². The molecule has 240 valence electrons. The lowest BCUT2D eigenvalue weighted by molar-refractivity contribution is -0.146. The zero-order valence-corrected chi connectivity index (χ0v) is 27.4. The number of nitrogens with zero attached hydrogens (tertiary/aromatic N) is 5. The van der Waals surface area contributed by atoms with Crippen LogP contribution >= 0.6 is 0 Å². The molecule has 1 N–H and O–H groups in total. The number of aromatic nitrogens is 3. The minimum absolute atomic E-state index is 0.0175. The van der Waals surface area contributed by atoms with Crippen LogP contribution in [0.4, 0.5) is 15.5 Å². The smallest absolute Gasteiger partial charge is 0.264 e. The Hall–Kier alpha value is -3.61. The van der Waals surface area contributed by atoms with Gasteiger partial charge in [0.05, 0.1) is 31.1 Å². The number of piperidine rings is 1. The molecule has 4 heterocycles. The van der Waals surface area contributed by atoms with Crippen LogP contribution in [0.2, 0.25) is 18.6 Å². The summed E-state index contributed by atoms with van der Waals surface area (Å²) in [6, 6.07) is 13.4. The summed E-state index contributed by atoms with van der Waals surface area (Å²) in [4.78, 5) is 30.9. The first kappa shape index (κ1) is 31.4. The summed E-state index contributed by atoms with van der Waals surface area (Å²) in [5.74, 6) is 0.0655. The van der Waals surface area contributed by atoms with Gasteiger partial charge in [-0.2, -0.15) is 0 Å². The van der Waals surface area contributed by atoms with E-state index < -0.39 is 31.6 Å². The number of benzene rings is 2. The van der Waals surface area contributed by atoms with Gasteiger partial charge in [0.15, 0.2) is 5.60 Å². The summed E-state index contributed by atoms with van der Waals surface area (Å²) in [5.41, 5.74) is 1.99. The molecule has 0 bridgehead atoms. The molecule has 0 saturated carbocycles. The van der Waals surface area contributed by atoms with Crippen LogP contribution in [0.15, 0.2) is 48.7 Å². The second kappa shape index (κ2) is 12.3. The van der Waals surface area contributed by atoms with E-state index in [2.05, 4.69) is 10.3 Å². The maximum absolute atomic E-state index is 16.2. The Balaban J connectivity index is 1.34. The van der Waals surface area contributed by atoms with Crippen molar-refractivity contribution >= 4 is 31.6 Å².